The number of fused-ring (bicyclic) bond motifs is 1. The molecule has 4 rings (SSSR count). The number of hydrogen-bond donors (Lipinski definition) is 1. The number of hydroxylamine groups is 2. The van der Waals surface area contributed by atoms with Gasteiger partial charge in [0.25, 0.3) is 0 Å². The highest BCUT2D eigenvalue weighted by Crippen LogP contribution is 2.48. The number of rotatable bonds is 18. The molecule has 0 fully saturated rings. The summed E-state index contributed by atoms with van der Waals surface area (Å²) in [6.45, 7) is 8.91. The van der Waals surface area contributed by atoms with Crippen LogP contribution in [0.3, 0.4) is 0 Å². The molecule has 0 saturated heterocycles. The number of benzene rings is 2. The van der Waals surface area contributed by atoms with Crippen molar-refractivity contribution in [1.29, 1.82) is 0 Å². The molecular weight excluding hydrogens is 614 g/mol. The normalized spacial score (nSPS) is 19.8. The average Bonchev–Trinajstić information content (AvgIpc) is 3.58. The smallest absolute Gasteiger partial charge is 0.183 e. The zero-order valence-electron chi connectivity index (χ0n) is 28.7. The van der Waals surface area contributed by atoms with Crippen LogP contribution >= 0.6 is 0 Å². The van der Waals surface area contributed by atoms with Crippen molar-refractivity contribution in [2.45, 2.75) is 81.0 Å². The second kappa shape index (κ2) is 17.4. The lowest BCUT2D eigenvalue weighted by molar-refractivity contribution is -0.202. The molecule has 0 bridgehead atoms. The molecule has 0 amide bonds. The lowest BCUT2D eigenvalue weighted by atomic mass is 9.81. The summed E-state index contributed by atoms with van der Waals surface area (Å²) < 4.78 is 45.9. The third-order valence-corrected chi connectivity index (χ3v) is 11.6. The first kappa shape index (κ1) is 36.8. The van der Waals surface area contributed by atoms with Crippen molar-refractivity contribution in [3.8, 4) is 5.75 Å². The maximum atomic E-state index is 14.3. The fourth-order valence-electron chi connectivity index (χ4n) is 6.38. The van der Waals surface area contributed by atoms with E-state index < -0.39 is 26.7 Å². The molecule has 0 aromatic heterocycles. The molecule has 1 heterocycles. The number of hydrogen-bond acceptors (Lipinski definition) is 9. The predicted octanol–water partition coefficient (Wildman–Crippen LogP) is 6.81. The first-order valence-corrected chi connectivity index (χ1v) is 18.5. The van der Waals surface area contributed by atoms with Gasteiger partial charge in [-0.1, -0.05) is 63.8 Å². The summed E-state index contributed by atoms with van der Waals surface area (Å²) in [5.41, 5.74) is 2.29. The van der Waals surface area contributed by atoms with Crippen LogP contribution in [0.5, 0.6) is 5.75 Å². The molecule has 258 valence electrons. The molecule has 1 aliphatic carbocycles. The molecule has 2 aromatic carbocycles. The van der Waals surface area contributed by atoms with Crippen LogP contribution in [0.25, 0.3) is 0 Å². The van der Waals surface area contributed by atoms with Gasteiger partial charge >= 0.3 is 0 Å². The maximum absolute atomic E-state index is 14.3. The lowest BCUT2D eigenvalue weighted by Gasteiger charge is -2.46. The highest BCUT2D eigenvalue weighted by molar-refractivity contribution is 7.92. The standard InChI is InChI=1S/C37H53N3O6S/c1-6-8-20-37(21-9-7-2)29(3)47(42,43)35-19-16-32(39(4)5)28-34(35)36(40(37)41)30-14-17-33(18-15-30)46-27-26-45-25-24-44-23-22-38-31-12-10-11-13-31/h10-19,28-29,36,41H,6-9,20-27H2,1-5H3/t29?,36-/m1/s1. The molecule has 47 heavy (non-hydrogen) atoms. The topological polar surface area (TPSA) is 101 Å². The Morgan fingerprint density at radius 1 is 0.894 bits per heavy atom. The van der Waals surface area contributed by atoms with Gasteiger partial charge in [-0.3, -0.25) is 4.99 Å². The highest BCUT2D eigenvalue weighted by atomic mass is 32.2. The summed E-state index contributed by atoms with van der Waals surface area (Å²) in [5.74, 6) is 0.673. The molecule has 0 spiro atoms. The van der Waals surface area contributed by atoms with E-state index in [2.05, 4.69) is 18.8 Å². The molecule has 2 atom stereocenters. The molecule has 2 aliphatic rings. The Hall–Kier alpha value is -3.02. The molecule has 0 saturated carbocycles. The summed E-state index contributed by atoms with van der Waals surface area (Å²) in [6, 6.07) is 12.4. The van der Waals surface area contributed by atoms with Gasteiger partial charge in [0.1, 0.15) is 12.4 Å². The number of ether oxygens (including phenoxy) is 3. The van der Waals surface area contributed by atoms with Crippen molar-refractivity contribution in [2.75, 3.05) is 58.6 Å². The van der Waals surface area contributed by atoms with Gasteiger partial charge in [-0.15, -0.1) is 0 Å². The molecule has 1 N–H and O–H groups in total. The van der Waals surface area contributed by atoms with E-state index in [0.717, 1.165) is 42.6 Å². The van der Waals surface area contributed by atoms with Gasteiger partial charge in [0.15, 0.2) is 9.84 Å². The first-order chi connectivity index (χ1) is 22.7. The quantitative estimate of drug-likeness (QED) is 0.173. The number of allylic oxidation sites excluding steroid dienone is 4. The van der Waals surface area contributed by atoms with Crippen molar-refractivity contribution in [1.82, 2.24) is 5.06 Å². The van der Waals surface area contributed by atoms with E-state index in [-0.39, 0.29) is 4.90 Å². The fraction of sp³-hybridized carbons (Fsp3) is 0.541. The van der Waals surface area contributed by atoms with Crippen molar-refractivity contribution in [3.63, 3.8) is 0 Å². The summed E-state index contributed by atoms with van der Waals surface area (Å²) >= 11 is 0. The maximum Gasteiger partial charge on any atom is 0.183 e. The van der Waals surface area contributed by atoms with Crippen LogP contribution in [-0.4, -0.2) is 88.9 Å². The summed E-state index contributed by atoms with van der Waals surface area (Å²) in [6.07, 6.45) is 12.5. The van der Waals surface area contributed by atoms with Crippen LogP contribution in [0.15, 0.2) is 76.7 Å². The minimum absolute atomic E-state index is 0.285. The van der Waals surface area contributed by atoms with E-state index in [1.165, 1.54) is 5.06 Å². The van der Waals surface area contributed by atoms with E-state index in [4.69, 9.17) is 14.2 Å². The van der Waals surface area contributed by atoms with Crippen LogP contribution in [0, 0.1) is 0 Å². The Labute approximate surface area is 281 Å². The number of sulfone groups is 1. The van der Waals surface area contributed by atoms with Gasteiger partial charge < -0.3 is 24.3 Å². The van der Waals surface area contributed by atoms with E-state index >= 15 is 0 Å². The second-order valence-corrected chi connectivity index (χ2v) is 14.8. The molecular formula is C37H53N3O6S. The highest BCUT2D eigenvalue weighted by Gasteiger charge is 2.53. The van der Waals surface area contributed by atoms with Crippen LogP contribution in [-0.2, 0) is 19.3 Å². The van der Waals surface area contributed by atoms with Gasteiger partial charge in [-0.2, -0.15) is 5.06 Å². The Morgan fingerprint density at radius 3 is 2.13 bits per heavy atom. The lowest BCUT2D eigenvalue weighted by Crippen LogP contribution is -2.56. The van der Waals surface area contributed by atoms with Crippen molar-refractivity contribution in [2.24, 2.45) is 4.99 Å². The third-order valence-electron chi connectivity index (χ3n) is 9.20. The van der Waals surface area contributed by atoms with Crippen LogP contribution in [0.4, 0.5) is 5.69 Å². The van der Waals surface area contributed by atoms with E-state index in [1.54, 1.807) is 13.0 Å². The summed E-state index contributed by atoms with van der Waals surface area (Å²) in [5, 5.41) is 12.9. The van der Waals surface area contributed by atoms with Gasteiger partial charge in [0, 0.05) is 19.8 Å². The van der Waals surface area contributed by atoms with Gasteiger partial charge in [-0.25, -0.2) is 8.42 Å². The minimum atomic E-state index is -3.76. The number of aliphatic imine (C=N–C) groups is 1. The monoisotopic (exact) mass is 667 g/mol. The predicted molar refractivity (Wildman–Crippen MR) is 189 cm³/mol. The number of anilines is 1. The molecule has 2 aromatic rings. The Kier molecular flexibility index (Phi) is 13.6. The molecule has 9 nitrogen and oxygen atoms in total. The van der Waals surface area contributed by atoms with Crippen molar-refractivity contribution in [3.05, 3.63) is 77.9 Å². The first-order valence-electron chi connectivity index (χ1n) is 17.0. The third kappa shape index (κ3) is 8.91. The Balaban J connectivity index is 1.48. The minimum Gasteiger partial charge on any atom is -0.491 e. The van der Waals surface area contributed by atoms with Crippen molar-refractivity contribution >= 4 is 21.2 Å². The van der Waals surface area contributed by atoms with E-state index in [0.29, 0.717) is 63.7 Å². The zero-order valence-corrected chi connectivity index (χ0v) is 29.5. The Morgan fingerprint density at radius 2 is 1.51 bits per heavy atom. The average molecular weight is 668 g/mol. The second-order valence-electron chi connectivity index (χ2n) is 12.5. The van der Waals surface area contributed by atoms with Crippen molar-refractivity contribution < 1.29 is 27.8 Å². The largest absolute Gasteiger partial charge is 0.491 e. The Bertz CT molecular complexity index is 1460. The van der Waals surface area contributed by atoms with Crippen LogP contribution in [0.2, 0.25) is 0 Å². The van der Waals surface area contributed by atoms with Gasteiger partial charge in [0.05, 0.1) is 60.4 Å². The van der Waals surface area contributed by atoms with Gasteiger partial charge in [0.2, 0.25) is 0 Å². The molecule has 1 unspecified atom stereocenters. The van der Waals surface area contributed by atoms with Crippen LogP contribution < -0.4 is 9.64 Å². The number of nitrogens with zero attached hydrogens (tertiary/aromatic N) is 3. The summed E-state index contributed by atoms with van der Waals surface area (Å²) in [7, 11) is 0.103. The summed E-state index contributed by atoms with van der Waals surface area (Å²) in [4.78, 5) is 6.66. The molecule has 0 radical (unpaired) electrons. The zero-order chi connectivity index (χ0) is 33.9. The SMILES string of the molecule is CCCCC1(CCCC)C(C)S(=O)(=O)c2ccc(N(C)C)cc2[C@@H](c2ccc(OCCOCCOCCN=C3C=CC=C3)cc2)N1O. The molecule has 1 aliphatic heterocycles. The molecule has 10 heteroatoms. The van der Waals surface area contributed by atoms with E-state index in [1.807, 2.05) is 79.7 Å². The van der Waals surface area contributed by atoms with E-state index in [9.17, 15) is 13.6 Å². The number of unbranched alkanes of at least 4 members (excludes halogenated alkanes) is 2. The van der Waals surface area contributed by atoms with Crippen LogP contribution in [0.1, 0.15) is 76.5 Å². The fourth-order valence-corrected chi connectivity index (χ4v) is 8.44. The van der Waals surface area contributed by atoms with Gasteiger partial charge in [-0.05, 0) is 73.4 Å².